The Hall–Kier alpha value is -0.550. The summed E-state index contributed by atoms with van der Waals surface area (Å²) in [5.41, 5.74) is 2.07. The van der Waals surface area contributed by atoms with Gasteiger partial charge in [0.05, 0.1) is 6.04 Å². The van der Waals surface area contributed by atoms with Gasteiger partial charge in [-0.2, -0.15) is 11.8 Å². The van der Waals surface area contributed by atoms with Gasteiger partial charge in [0.15, 0.2) is 0 Å². The highest BCUT2D eigenvalue weighted by Crippen LogP contribution is 2.37. The van der Waals surface area contributed by atoms with E-state index in [4.69, 9.17) is 11.6 Å². The third-order valence-corrected chi connectivity index (χ3v) is 6.04. The van der Waals surface area contributed by atoms with Crippen molar-refractivity contribution < 1.29 is 4.39 Å². The molecular weight excluding hydrogens is 313 g/mol. The highest BCUT2D eigenvalue weighted by atomic mass is 35.5. The van der Waals surface area contributed by atoms with E-state index in [1.54, 1.807) is 23.5 Å². The van der Waals surface area contributed by atoms with Gasteiger partial charge in [0.2, 0.25) is 0 Å². The molecule has 0 fully saturated rings. The number of hydrogen-bond acceptors (Lipinski definition) is 3. The third-order valence-electron chi connectivity index (χ3n) is 3.49. The van der Waals surface area contributed by atoms with E-state index in [1.165, 1.54) is 27.1 Å². The van der Waals surface area contributed by atoms with E-state index in [2.05, 4.69) is 11.4 Å². The molecular formula is C15H15ClFNS2. The summed E-state index contributed by atoms with van der Waals surface area (Å²) in [5.74, 6) is 2.01. The first-order valence-corrected chi connectivity index (χ1v) is 8.85. The number of hydrogen-bond donors (Lipinski definition) is 1. The van der Waals surface area contributed by atoms with Gasteiger partial charge in [-0.25, -0.2) is 4.39 Å². The maximum Gasteiger partial charge on any atom is 0.129 e. The summed E-state index contributed by atoms with van der Waals surface area (Å²) in [5, 5.41) is 3.66. The van der Waals surface area contributed by atoms with E-state index in [1.807, 2.05) is 18.8 Å². The molecule has 106 valence electrons. The number of benzene rings is 1. The molecule has 0 spiro atoms. The molecule has 0 radical (unpaired) electrons. The van der Waals surface area contributed by atoms with E-state index in [0.29, 0.717) is 10.6 Å². The minimum Gasteiger partial charge on any atom is -0.309 e. The minimum absolute atomic E-state index is 0.104. The van der Waals surface area contributed by atoms with Crippen molar-refractivity contribution in [2.24, 2.45) is 0 Å². The average Bonchev–Trinajstić information content (AvgIpc) is 2.85. The molecule has 0 amide bonds. The molecule has 0 saturated carbocycles. The molecule has 1 N–H and O–H groups in total. The van der Waals surface area contributed by atoms with E-state index >= 15 is 0 Å². The Morgan fingerprint density at radius 3 is 2.90 bits per heavy atom. The number of halogens is 2. The predicted octanol–water partition coefficient (Wildman–Crippen LogP) is 4.64. The van der Waals surface area contributed by atoms with Gasteiger partial charge < -0.3 is 5.32 Å². The molecule has 3 rings (SSSR count). The lowest BCUT2D eigenvalue weighted by molar-refractivity contribution is 0.579. The number of thioether (sulfide) groups is 1. The molecule has 1 aromatic heterocycles. The fourth-order valence-electron chi connectivity index (χ4n) is 2.50. The summed E-state index contributed by atoms with van der Waals surface area (Å²) in [6.07, 6.45) is 1.13. The van der Waals surface area contributed by atoms with Gasteiger partial charge in [-0.3, -0.25) is 0 Å². The number of fused-ring (bicyclic) bond motifs is 1. The Bertz CT molecular complexity index is 603. The largest absolute Gasteiger partial charge is 0.309 e. The van der Waals surface area contributed by atoms with Crippen molar-refractivity contribution >= 4 is 34.7 Å². The Morgan fingerprint density at radius 1 is 1.35 bits per heavy atom. The summed E-state index contributed by atoms with van der Waals surface area (Å²) in [6, 6.07) is 7.01. The van der Waals surface area contributed by atoms with Crippen molar-refractivity contribution in [1.29, 1.82) is 0 Å². The summed E-state index contributed by atoms with van der Waals surface area (Å²) in [4.78, 5) is 2.63. The second kappa shape index (κ2) is 6.06. The highest BCUT2D eigenvalue weighted by molar-refractivity contribution is 7.98. The van der Waals surface area contributed by atoms with Crippen LogP contribution < -0.4 is 5.32 Å². The van der Waals surface area contributed by atoms with Crippen LogP contribution in [0.1, 0.15) is 26.9 Å². The van der Waals surface area contributed by atoms with Crippen molar-refractivity contribution in [2.45, 2.75) is 18.2 Å². The van der Waals surface area contributed by atoms with Crippen LogP contribution in [0.15, 0.2) is 24.3 Å². The topological polar surface area (TPSA) is 12.0 Å². The van der Waals surface area contributed by atoms with Gasteiger partial charge in [-0.05, 0) is 43.0 Å². The number of nitrogens with one attached hydrogen (secondary N) is 1. The second-order valence-corrected chi connectivity index (χ2v) is 7.50. The monoisotopic (exact) mass is 327 g/mol. The zero-order valence-electron chi connectivity index (χ0n) is 11.1. The Balaban J connectivity index is 1.98. The van der Waals surface area contributed by atoms with Crippen LogP contribution >= 0.6 is 34.7 Å². The second-order valence-electron chi connectivity index (χ2n) is 4.79. The molecule has 0 saturated heterocycles. The Morgan fingerprint density at radius 2 is 2.20 bits per heavy atom. The van der Waals surface area contributed by atoms with Gasteiger partial charge in [0, 0.05) is 26.1 Å². The van der Waals surface area contributed by atoms with E-state index in [0.717, 1.165) is 12.2 Å². The highest BCUT2D eigenvalue weighted by Gasteiger charge is 2.21. The van der Waals surface area contributed by atoms with Crippen LogP contribution in [0.2, 0.25) is 5.02 Å². The van der Waals surface area contributed by atoms with E-state index in [-0.39, 0.29) is 11.9 Å². The molecule has 5 heteroatoms. The van der Waals surface area contributed by atoms with Crippen molar-refractivity contribution in [3.63, 3.8) is 0 Å². The summed E-state index contributed by atoms with van der Waals surface area (Å²) < 4.78 is 14.1. The molecule has 1 nitrogen and oxygen atoms in total. The number of aryl methyl sites for hydroxylation is 1. The van der Waals surface area contributed by atoms with E-state index in [9.17, 15) is 4.39 Å². The predicted molar refractivity (Wildman–Crippen MR) is 86.5 cm³/mol. The zero-order chi connectivity index (χ0) is 14.1. The Kier molecular flexibility index (Phi) is 4.36. The van der Waals surface area contributed by atoms with E-state index < -0.39 is 0 Å². The SMILES string of the molecule is CNC(c1cc2c(s1)CCSC2)c1ccc(Cl)cc1F. The van der Waals surface area contributed by atoms with Gasteiger partial charge in [0.25, 0.3) is 0 Å². The fraction of sp³-hybridized carbons (Fsp3) is 0.333. The first kappa shape index (κ1) is 14.4. The first-order valence-electron chi connectivity index (χ1n) is 6.50. The third kappa shape index (κ3) is 2.75. The molecule has 0 aliphatic carbocycles. The molecule has 1 aromatic carbocycles. The molecule has 1 aliphatic heterocycles. The first-order chi connectivity index (χ1) is 9.69. The van der Waals surface area contributed by atoms with Crippen LogP contribution in [0.5, 0.6) is 0 Å². The minimum atomic E-state index is -0.252. The molecule has 2 aromatic rings. The number of thiophene rings is 1. The van der Waals surface area contributed by atoms with Crippen molar-refractivity contribution in [2.75, 3.05) is 12.8 Å². The average molecular weight is 328 g/mol. The zero-order valence-corrected chi connectivity index (χ0v) is 13.5. The smallest absolute Gasteiger partial charge is 0.129 e. The van der Waals surface area contributed by atoms with Gasteiger partial charge in [-0.15, -0.1) is 11.3 Å². The molecule has 1 unspecified atom stereocenters. The summed E-state index contributed by atoms with van der Waals surface area (Å²) >= 11 is 9.60. The van der Waals surface area contributed by atoms with Crippen LogP contribution in [-0.2, 0) is 12.2 Å². The Labute approximate surface area is 131 Å². The van der Waals surface area contributed by atoms with Gasteiger partial charge >= 0.3 is 0 Å². The molecule has 1 atom stereocenters. The quantitative estimate of drug-likeness (QED) is 0.881. The van der Waals surface area contributed by atoms with Crippen LogP contribution in [0, 0.1) is 5.82 Å². The van der Waals surface area contributed by atoms with Crippen LogP contribution in [0.4, 0.5) is 4.39 Å². The van der Waals surface area contributed by atoms with Gasteiger partial charge in [-0.1, -0.05) is 17.7 Å². The van der Waals surface area contributed by atoms with Crippen molar-refractivity contribution in [3.05, 3.63) is 56.0 Å². The maximum atomic E-state index is 14.1. The van der Waals surface area contributed by atoms with Crippen molar-refractivity contribution in [1.82, 2.24) is 5.32 Å². The molecule has 1 aliphatic rings. The maximum absolute atomic E-state index is 14.1. The van der Waals surface area contributed by atoms with Gasteiger partial charge in [0.1, 0.15) is 5.82 Å². The molecule has 0 bridgehead atoms. The number of rotatable bonds is 3. The lowest BCUT2D eigenvalue weighted by Crippen LogP contribution is -2.17. The van der Waals surface area contributed by atoms with Crippen LogP contribution in [0.25, 0.3) is 0 Å². The van der Waals surface area contributed by atoms with Crippen LogP contribution in [0.3, 0.4) is 0 Å². The van der Waals surface area contributed by atoms with Crippen LogP contribution in [-0.4, -0.2) is 12.8 Å². The summed E-state index contributed by atoms with van der Waals surface area (Å²) in [6.45, 7) is 0. The summed E-state index contributed by atoms with van der Waals surface area (Å²) in [7, 11) is 1.87. The normalized spacial score (nSPS) is 15.9. The van der Waals surface area contributed by atoms with Crippen molar-refractivity contribution in [3.8, 4) is 0 Å². The standard InChI is InChI=1S/C15H15ClFNS2/c1-18-15(11-3-2-10(16)7-12(11)17)14-6-9-8-19-5-4-13(9)20-14/h2-3,6-7,15,18H,4-5,8H2,1H3. The molecule has 2 heterocycles. The fourth-order valence-corrected chi connectivity index (χ4v) is 5.16. The lowest BCUT2D eigenvalue weighted by atomic mass is 10.0. The lowest BCUT2D eigenvalue weighted by Gasteiger charge is -2.16. The molecule has 20 heavy (non-hydrogen) atoms.